The summed E-state index contributed by atoms with van der Waals surface area (Å²) in [5, 5.41) is 0.938. The molecule has 0 saturated heterocycles. The van der Waals surface area contributed by atoms with E-state index in [1.54, 1.807) is 13.2 Å². The van der Waals surface area contributed by atoms with Gasteiger partial charge in [0.2, 0.25) is 0 Å². The van der Waals surface area contributed by atoms with Gasteiger partial charge in [0, 0.05) is 17.1 Å². The lowest BCUT2D eigenvalue weighted by Gasteiger charge is -2.09. The standard InChI is InChI=1S/C13H15NO3/c1-7-8(2)14-13-9(6-15)10(16-3)5-11(17-4)12(7)13/h5-6,14H,1-4H3. The van der Waals surface area contributed by atoms with Crippen LogP contribution in [0.2, 0.25) is 0 Å². The number of aromatic amines is 1. The predicted molar refractivity (Wildman–Crippen MR) is 66.3 cm³/mol. The van der Waals surface area contributed by atoms with Gasteiger partial charge in [0.05, 0.1) is 25.3 Å². The molecule has 0 bridgehead atoms. The number of aromatic nitrogens is 1. The largest absolute Gasteiger partial charge is 0.496 e. The van der Waals surface area contributed by atoms with Crippen molar-refractivity contribution in [1.82, 2.24) is 4.98 Å². The van der Waals surface area contributed by atoms with Crippen LogP contribution in [0.4, 0.5) is 0 Å². The molecule has 4 heteroatoms. The lowest BCUT2D eigenvalue weighted by atomic mass is 10.1. The normalized spacial score (nSPS) is 10.6. The summed E-state index contributed by atoms with van der Waals surface area (Å²) in [6, 6.07) is 1.74. The van der Waals surface area contributed by atoms with Crippen LogP contribution in [0.3, 0.4) is 0 Å². The first-order valence-corrected chi connectivity index (χ1v) is 5.33. The van der Waals surface area contributed by atoms with E-state index in [2.05, 4.69) is 4.98 Å². The van der Waals surface area contributed by atoms with Gasteiger partial charge in [-0.2, -0.15) is 0 Å². The monoisotopic (exact) mass is 233 g/mol. The second-order valence-electron chi connectivity index (χ2n) is 3.94. The van der Waals surface area contributed by atoms with Gasteiger partial charge in [0.15, 0.2) is 6.29 Å². The lowest BCUT2D eigenvalue weighted by molar-refractivity contribution is 0.112. The summed E-state index contributed by atoms with van der Waals surface area (Å²) in [6.45, 7) is 3.97. The number of rotatable bonds is 3. The fraction of sp³-hybridized carbons (Fsp3) is 0.308. The van der Waals surface area contributed by atoms with E-state index in [1.807, 2.05) is 13.8 Å². The van der Waals surface area contributed by atoms with Crippen LogP contribution in [0.15, 0.2) is 6.07 Å². The van der Waals surface area contributed by atoms with Crippen molar-refractivity contribution in [3.8, 4) is 11.5 Å². The third-order valence-electron chi connectivity index (χ3n) is 3.10. The van der Waals surface area contributed by atoms with Crippen molar-refractivity contribution in [3.05, 3.63) is 22.9 Å². The van der Waals surface area contributed by atoms with Crippen molar-refractivity contribution in [2.24, 2.45) is 0 Å². The van der Waals surface area contributed by atoms with Crippen molar-refractivity contribution in [2.45, 2.75) is 13.8 Å². The molecule has 90 valence electrons. The Kier molecular flexibility index (Phi) is 2.79. The SMILES string of the molecule is COc1cc(OC)c2c(C)c(C)[nH]c2c1C=O. The zero-order valence-electron chi connectivity index (χ0n) is 10.4. The number of H-pyrrole nitrogens is 1. The van der Waals surface area contributed by atoms with Gasteiger partial charge in [-0.25, -0.2) is 0 Å². The molecule has 1 heterocycles. The maximum atomic E-state index is 11.2. The van der Waals surface area contributed by atoms with E-state index in [4.69, 9.17) is 9.47 Å². The topological polar surface area (TPSA) is 51.3 Å². The summed E-state index contributed by atoms with van der Waals surface area (Å²) < 4.78 is 10.6. The second-order valence-corrected chi connectivity index (χ2v) is 3.94. The molecule has 0 amide bonds. The molecule has 1 aromatic carbocycles. The molecule has 1 N–H and O–H groups in total. The number of hydrogen-bond donors (Lipinski definition) is 1. The molecule has 2 rings (SSSR count). The minimum atomic E-state index is 0.519. The Morgan fingerprint density at radius 2 is 1.82 bits per heavy atom. The molecule has 0 unspecified atom stereocenters. The molecule has 0 aliphatic rings. The minimum Gasteiger partial charge on any atom is -0.496 e. The molecule has 2 aromatic rings. The first-order valence-electron chi connectivity index (χ1n) is 5.33. The fourth-order valence-corrected chi connectivity index (χ4v) is 2.07. The van der Waals surface area contributed by atoms with E-state index in [0.29, 0.717) is 17.1 Å². The van der Waals surface area contributed by atoms with Crippen LogP contribution in [-0.4, -0.2) is 25.5 Å². The Balaban J connectivity index is 2.95. The van der Waals surface area contributed by atoms with Gasteiger partial charge in [-0.1, -0.05) is 0 Å². The average Bonchev–Trinajstić information content (AvgIpc) is 2.64. The number of benzene rings is 1. The molecule has 0 saturated carbocycles. The van der Waals surface area contributed by atoms with Crippen LogP contribution in [0, 0.1) is 13.8 Å². The van der Waals surface area contributed by atoms with Crippen LogP contribution >= 0.6 is 0 Å². The third-order valence-corrected chi connectivity index (χ3v) is 3.10. The highest BCUT2D eigenvalue weighted by atomic mass is 16.5. The number of hydrogen-bond acceptors (Lipinski definition) is 3. The summed E-state index contributed by atoms with van der Waals surface area (Å²) in [4.78, 5) is 14.4. The van der Waals surface area contributed by atoms with Crippen molar-refractivity contribution < 1.29 is 14.3 Å². The fourth-order valence-electron chi connectivity index (χ4n) is 2.07. The van der Waals surface area contributed by atoms with Crippen LogP contribution in [0.1, 0.15) is 21.6 Å². The summed E-state index contributed by atoms with van der Waals surface area (Å²) in [5.74, 6) is 1.23. The van der Waals surface area contributed by atoms with Crippen LogP contribution < -0.4 is 9.47 Å². The van der Waals surface area contributed by atoms with E-state index in [9.17, 15) is 4.79 Å². The van der Waals surface area contributed by atoms with Crippen LogP contribution in [-0.2, 0) is 0 Å². The van der Waals surface area contributed by atoms with Gasteiger partial charge in [-0.15, -0.1) is 0 Å². The summed E-state index contributed by atoms with van der Waals surface area (Å²) in [6.07, 6.45) is 0.802. The number of aryl methyl sites for hydroxylation is 2. The van der Waals surface area contributed by atoms with Crippen LogP contribution in [0.25, 0.3) is 10.9 Å². The first kappa shape index (κ1) is 11.5. The second kappa shape index (κ2) is 4.13. The molecule has 0 radical (unpaired) electrons. The number of methoxy groups -OCH3 is 2. The number of aldehydes is 1. The molecule has 0 atom stereocenters. The van der Waals surface area contributed by atoms with Gasteiger partial charge in [0.1, 0.15) is 11.5 Å². The Labute approximate surface area is 99.5 Å². The predicted octanol–water partition coefficient (Wildman–Crippen LogP) is 2.61. The molecule has 0 fully saturated rings. The van der Waals surface area contributed by atoms with Crippen molar-refractivity contribution in [2.75, 3.05) is 14.2 Å². The minimum absolute atomic E-state index is 0.519. The van der Waals surface area contributed by atoms with Gasteiger partial charge in [-0.3, -0.25) is 4.79 Å². The van der Waals surface area contributed by atoms with E-state index < -0.39 is 0 Å². The molecule has 0 spiro atoms. The van der Waals surface area contributed by atoms with Crippen molar-refractivity contribution >= 4 is 17.2 Å². The highest BCUT2D eigenvalue weighted by molar-refractivity contribution is 6.03. The van der Waals surface area contributed by atoms with Gasteiger partial charge < -0.3 is 14.5 Å². The zero-order valence-corrected chi connectivity index (χ0v) is 10.4. The maximum Gasteiger partial charge on any atom is 0.155 e. The molecule has 0 aliphatic heterocycles. The van der Waals surface area contributed by atoms with E-state index >= 15 is 0 Å². The highest BCUT2D eigenvalue weighted by Gasteiger charge is 2.17. The van der Waals surface area contributed by atoms with Crippen molar-refractivity contribution in [3.63, 3.8) is 0 Å². The quantitative estimate of drug-likeness (QED) is 0.829. The zero-order chi connectivity index (χ0) is 12.6. The Hall–Kier alpha value is -1.97. The number of carbonyl (C=O) groups is 1. The van der Waals surface area contributed by atoms with E-state index in [0.717, 1.165) is 28.4 Å². The van der Waals surface area contributed by atoms with Crippen LogP contribution in [0.5, 0.6) is 11.5 Å². The number of carbonyl (C=O) groups excluding carboxylic acids is 1. The van der Waals surface area contributed by atoms with Crippen molar-refractivity contribution in [1.29, 1.82) is 0 Å². The third kappa shape index (κ3) is 1.56. The molecule has 4 nitrogen and oxygen atoms in total. The molecule has 0 aliphatic carbocycles. The van der Waals surface area contributed by atoms with Gasteiger partial charge in [-0.05, 0) is 19.4 Å². The average molecular weight is 233 g/mol. The maximum absolute atomic E-state index is 11.2. The number of fused-ring (bicyclic) bond motifs is 1. The van der Waals surface area contributed by atoms with Gasteiger partial charge in [0.25, 0.3) is 0 Å². The number of nitrogens with one attached hydrogen (secondary N) is 1. The summed E-state index contributed by atoms with van der Waals surface area (Å²) >= 11 is 0. The summed E-state index contributed by atoms with van der Waals surface area (Å²) in [5.41, 5.74) is 3.41. The molecule has 17 heavy (non-hydrogen) atoms. The highest BCUT2D eigenvalue weighted by Crippen LogP contribution is 2.37. The molecule has 1 aromatic heterocycles. The van der Waals surface area contributed by atoms with E-state index in [1.165, 1.54) is 7.11 Å². The Morgan fingerprint density at radius 1 is 1.18 bits per heavy atom. The summed E-state index contributed by atoms with van der Waals surface area (Å²) in [7, 11) is 3.15. The van der Waals surface area contributed by atoms with E-state index in [-0.39, 0.29) is 0 Å². The lowest BCUT2D eigenvalue weighted by Crippen LogP contribution is -1.94. The number of ether oxygens (including phenoxy) is 2. The van der Waals surface area contributed by atoms with Gasteiger partial charge >= 0.3 is 0 Å². The Morgan fingerprint density at radius 3 is 2.35 bits per heavy atom. The Bertz CT molecular complexity index is 584. The first-order chi connectivity index (χ1) is 8.13. The smallest absolute Gasteiger partial charge is 0.155 e. The molecular weight excluding hydrogens is 218 g/mol. The molecular formula is C13H15NO3.